The van der Waals surface area contributed by atoms with Crippen LogP contribution in [0.5, 0.6) is 0 Å². The van der Waals surface area contributed by atoms with Gasteiger partial charge in [-0.15, -0.1) is 11.3 Å². The summed E-state index contributed by atoms with van der Waals surface area (Å²) in [7, 11) is 0. The van der Waals surface area contributed by atoms with E-state index in [4.69, 9.17) is 11.6 Å². The van der Waals surface area contributed by atoms with Crippen molar-refractivity contribution in [2.75, 3.05) is 6.54 Å². The smallest absolute Gasteiger partial charge is 0.0595 e. The summed E-state index contributed by atoms with van der Waals surface area (Å²) >= 11 is 11.9. The number of hydrogen-bond acceptors (Lipinski definition) is 2. The molecule has 0 amide bonds. The van der Waals surface area contributed by atoms with Gasteiger partial charge >= 0.3 is 0 Å². The maximum absolute atomic E-state index is 6.48. The Morgan fingerprint density at radius 1 is 1.19 bits per heavy atom. The second kappa shape index (κ2) is 8.33. The van der Waals surface area contributed by atoms with Crippen molar-refractivity contribution in [3.8, 4) is 0 Å². The predicted molar refractivity (Wildman–Crippen MR) is 97.6 cm³/mol. The zero-order valence-corrected chi connectivity index (χ0v) is 15.6. The summed E-state index contributed by atoms with van der Waals surface area (Å²) in [5.41, 5.74) is 1.17. The summed E-state index contributed by atoms with van der Waals surface area (Å²) in [6.07, 6.45) is 3.21. The van der Waals surface area contributed by atoms with E-state index < -0.39 is 0 Å². The van der Waals surface area contributed by atoms with E-state index in [0.717, 1.165) is 35.3 Å². The van der Waals surface area contributed by atoms with Crippen LogP contribution in [-0.4, -0.2) is 6.54 Å². The lowest BCUT2D eigenvalue weighted by Crippen LogP contribution is -2.24. The van der Waals surface area contributed by atoms with E-state index in [2.05, 4.69) is 59.4 Å². The van der Waals surface area contributed by atoms with Gasteiger partial charge in [-0.25, -0.2) is 0 Å². The lowest BCUT2D eigenvalue weighted by molar-refractivity contribution is 0.532. The first-order valence-electron chi connectivity index (χ1n) is 7.40. The van der Waals surface area contributed by atoms with Gasteiger partial charge in [0.2, 0.25) is 0 Å². The summed E-state index contributed by atoms with van der Waals surface area (Å²) in [6.45, 7) is 5.39. The number of benzene rings is 1. The molecule has 1 aromatic carbocycles. The van der Waals surface area contributed by atoms with Gasteiger partial charge in [0.05, 0.1) is 5.02 Å². The Morgan fingerprint density at radius 3 is 2.62 bits per heavy atom. The van der Waals surface area contributed by atoms with Crippen LogP contribution in [0.2, 0.25) is 5.02 Å². The maximum atomic E-state index is 6.48. The Kier molecular flexibility index (Phi) is 6.74. The molecule has 2 rings (SSSR count). The third-order valence-corrected chi connectivity index (χ3v) is 6.03. The molecule has 0 aliphatic carbocycles. The highest BCUT2D eigenvalue weighted by atomic mass is 79.9. The van der Waals surface area contributed by atoms with Crippen LogP contribution >= 0.6 is 38.9 Å². The van der Waals surface area contributed by atoms with Crippen molar-refractivity contribution in [1.29, 1.82) is 0 Å². The third-order valence-electron chi connectivity index (χ3n) is 3.47. The van der Waals surface area contributed by atoms with Crippen molar-refractivity contribution in [1.82, 2.24) is 5.32 Å². The first kappa shape index (κ1) is 17.0. The predicted octanol–water partition coefficient (Wildman–Crippen LogP) is 6.01. The van der Waals surface area contributed by atoms with Crippen molar-refractivity contribution in [2.24, 2.45) is 0 Å². The van der Waals surface area contributed by atoms with Gasteiger partial charge in [-0.2, -0.15) is 0 Å². The van der Waals surface area contributed by atoms with E-state index in [9.17, 15) is 0 Å². The van der Waals surface area contributed by atoms with E-state index in [1.807, 2.05) is 17.4 Å². The van der Waals surface area contributed by atoms with Crippen LogP contribution in [0.25, 0.3) is 0 Å². The van der Waals surface area contributed by atoms with Crippen LogP contribution in [0.15, 0.2) is 34.8 Å². The Labute approximate surface area is 144 Å². The molecule has 0 aliphatic heterocycles. The van der Waals surface area contributed by atoms with E-state index in [1.54, 1.807) is 0 Å². The molecule has 1 aromatic heterocycles. The lowest BCUT2D eigenvalue weighted by Gasteiger charge is -2.20. The summed E-state index contributed by atoms with van der Waals surface area (Å²) < 4.78 is 0.963. The molecule has 0 bridgehead atoms. The quantitative estimate of drug-likeness (QED) is 0.614. The molecule has 1 unspecified atom stereocenters. The van der Waals surface area contributed by atoms with Crippen LogP contribution in [0.1, 0.15) is 41.6 Å². The van der Waals surface area contributed by atoms with E-state index in [0.29, 0.717) is 0 Å². The first-order chi connectivity index (χ1) is 10.2. The number of halogens is 2. The highest BCUT2D eigenvalue weighted by Crippen LogP contribution is 2.33. The van der Waals surface area contributed by atoms with Crippen LogP contribution in [0.3, 0.4) is 0 Å². The van der Waals surface area contributed by atoms with Crippen LogP contribution < -0.4 is 5.32 Å². The molecular formula is C17H21BrClNS. The Balaban J connectivity index is 2.23. The van der Waals surface area contributed by atoms with Gasteiger partial charge in [0.25, 0.3) is 0 Å². The van der Waals surface area contributed by atoms with Gasteiger partial charge < -0.3 is 5.32 Å². The number of aryl methyl sites for hydroxylation is 1. The zero-order valence-electron chi connectivity index (χ0n) is 12.5. The molecule has 1 heterocycles. The molecule has 0 saturated heterocycles. The Morgan fingerprint density at radius 2 is 1.95 bits per heavy atom. The average molecular weight is 387 g/mol. The molecule has 1 N–H and O–H groups in total. The maximum Gasteiger partial charge on any atom is 0.0595 e. The molecular weight excluding hydrogens is 366 g/mol. The van der Waals surface area contributed by atoms with Crippen molar-refractivity contribution in [3.63, 3.8) is 0 Å². The minimum atomic E-state index is 0.262. The molecule has 0 saturated carbocycles. The monoisotopic (exact) mass is 385 g/mol. The van der Waals surface area contributed by atoms with Gasteiger partial charge in [-0.05, 0) is 59.1 Å². The molecule has 1 nitrogen and oxygen atoms in total. The minimum Gasteiger partial charge on any atom is -0.310 e. The molecule has 114 valence electrons. The molecule has 1 atom stereocenters. The highest BCUT2D eigenvalue weighted by molar-refractivity contribution is 9.10. The van der Waals surface area contributed by atoms with Crippen molar-refractivity contribution >= 4 is 38.9 Å². The number of hydrogen-bond donors (Lipinski definition) is 1. The van der Waals surface area contributed by atoms with E-state index in [-0.39, 0.29) is 6.04 Å². The molecule has 21 heavy (non-hydrogen) atoms. The standard InChI is InChI=1S/C17H21BrClNS/c1-3-10-20-16(11-13-9-8-12(4-2)21-13)14-6-5-7-15(18)17(14)19/h5-9,16,20H,3-4,10-11H2,1-2H3. The highest BCUT2D eigenvalue weighted by Gasteiger charge is 2.17. The number of rotatable bonds is 7. The van der Waals surface area contributed by atoms with Crippen molar-refractivity contribution in [3.05, 3.63) is 55.1 Å². The molecule has 0 fully saturated rings. The second-order valence-electron chi connectivity index (χ2n) is 5.08. The van der Waals surface area contributed by atoms with Crippen molar-refractivity contribution in [2.45, 2.75) is 39.2 Å². The third kappa shape index (κ3) is 4.56. The Hall–Kier alpha value is -0.350. The summed E-state index contributed by atoms with van der Waals surface area (Å²) in [4.78, 5) is 2.86. The lowest BCUT2D eigenvalue weighted by atomic mass is 10.0. The zero-order chi connectivity index (χ0) is 15.2. The summed E-state index contributed by atoms with van der Waals surface area (Å²) in [6, 6.07) is 10.9. The topological polar surface area (TPSA) is 12.0 Å². The van der Waals surface area contributed by atoms with Gasteiger partial charge in [-0.3, -0.25) is 0 Å². The fourth-order valence-electron chi connectivity index (χ4n) is 2.32. The van der Waals surface area contributed by atoms with E-state index >= 15 is 0 Å². The minimum absolute atomic E-state index is 0.262. The SMILES string of the molecule is CCCNC(Cc1ccc(CC)s1)c1cccc(Br)c1Cl. The molecule has 0 aliphatic rings. The first-order valence-corrected chi connectivity index (χ1v) is 9.39. The molecule has 0 spiro atoms. The number of thiophene rings is 1. The van der Waals surface area contributed by atoms with Gasteiger partial charge in [-0.1, -0.05) is 37.6 Å². The van der Waals surface area contributed by atoms with Gasteiger partial charge in [0.15, 0.2) is 0 Å². The van der Waals surface area contributed by atoms with E-state index in [1.165, 1.54) is 15.3 Å². The average Bonchev–Trinajstić information content (AvgIpc) is 2.94. The van der Waals surface area contributed by atoms with Gasteiger partial charge in [0, 0.05) is 26.7 Å². The van der Waals surface area contributed by atoms with Crippen LogP contribution in [-0.2, 0) is 12.8 Å². The fourth-order valence-corrected chi connectivity index (χ4v) is 3.97. The summed E-state index contributed by atoms with van der Waals surface area (Å²) in [5, 5.41) is 4.45. The van der Waals surface area contributed by atoms with Crippen LogP contribution in [0, 0.1) is 0 Å². The summed E-state index contributed by atoms with van der Waals surface area (Å²) in [5.74, 6) is 0. The van der Waals surface area contributed by atoms with Crippen LogP contribution in [0.4, 0.5) is 0 Å². The number of nitrogens with one attached hydrogen (secondary N) is 1. The largest absolute Gasteiger partial charge is 0.310 e. The molecule has 2 aromatic rings. The normalized spacial score (nSPS) is 12.6. The molecule has 4 heteroatoms. The fraction of sp³-hybridized carbons (Fsp3) is 0.412. The van der Waals surface area contributed by atoms with Gasteiger partial charge in [0.1, 0.15) is 0 Å². The Bertz CT molecular complexity index is 582. The second-order valence-corrected chi connectivity index (χ2v) is 7.56. The van der Waals surface area contributed by atoms with Crippen molar-refractivity contribution < 1.29 is 0 Å². The molecule has 0 radical (unpaired) electrons.